The highest BCUT2D eigenvalue weighted by molar-refractivity contribution is 8.00. The van der Waals surface area contributed by atoms with Crippen LogP contribution in [0.2, 0.25) is 0 Å². The molecule has 4 heteroatoms. The lowest BCUT2D eigenvalue weighted by Crippen LogP contribution is -2.31. The van der Waals surface area contributed by atoms with Gasteiger partial charge in [-0.3, -0.25) is 0 Å². The van der Waals surface area contributed by atoms with E-state index in [1.165, 1.54) is 11.6 Å². The van der Waals surface area contributed by atoms with E-state index in [9.17, 15) is 4.39 Å². The van der Waals surface area contributed by atoms with E-state index in [1.54, 1.807) is 6.07 Å². The highest BCUT2D eigenvalue weighted by Crippen LogP contribution is 2.50. The van der Waals surface area contributed by atoms with Gasteiger partial charge in [0.25, 0.3) is 0 Å². The van der Waals surface area contributed by atoms with E-state index >= 15 is 0 Å². The molecule has 1 fully saturated rings. The van der Waals surface area contributed by atoms with Crippen molar-refractivity contribution < 1.29 is 9.13 Å². The maximum atomic E-state index is 13.7. The molecule has 1 saturated heterocycles. The summed E-state index contributed by atoms with van der Waals surface area (Å²) in [6.07, 6.45) is 5.84. The van der Waals surface area contributed by atoms with Crippen molar-refractivity contribution in [3.8, 4) is 5.75 Å². The van der Waals surface area contributed by atoms with Gasteiger partial charge in [0.2, 0.25) is 0 Å². The maximum absolute atomic E-state index is 13.7. The molecule has 5 rings (SSSR count). The predicted octanol–water partition coefficient (Wildman–Crippen LogP) is 5.15. The average Bonchev–Trinajstić information content (AvgIpc) is 3.08. The predicted molar refractivity (Wildman–Crippen MR) is 101 cm³/mol. The van der Waals surface area contributed by atoms with Gasteiger partial charge in [-0.15, -0.1) is 0 Å². The molecule has 0 bridgehead atoms. The van der Waals surface area contributed by atoms with Gasteiger partial charge < -0.3 is 10.1 Å². The number of halogens is 1. The Morgan fingerprint density at radius 3 is 2.88 bits per heavy atom. The van der Waals surface area contributed by atoms with Crippen LogP contribution in [0.25, 0.3) is 0 Å². The molecule has 1 aliphatic carbocycles. The molecular formula is C21H20FNOS. The number of thioether (sulfide) groups is 1. The van der Waals surface area contributed by atoms with E-state index in [0.29, 0.717) is 12.0 Å². The number of rotatable bonds is 3. The molecule has 3 aliphatic rings. The van der Waals surface area contributed by atoms with Gasteiger partial charge in [-0.05, 0) is 53.8 Å². The Balaban J connectivity index is 1.48. The Labute approximate surface area is 151 Å². The number of anilines is 1. The van der Waals surface area contributed by atoms with Crippen LogP contribution in [0.1, 0.15) is 29.5 Å². The quantitative estimate of drug-likeness (QED) is 0.772. The van der Waals surface area contributed by atoms with Gasteiger partial charge >= 0.3 is 0 Å². The summed E-state index contributed by atoms with van der Waals surface area (Å²) in [6.45, 7) is 0. The van der Waals surface area contributed by atoms with Gasteiger partial charge in [0.15, 0.2) is 0 Å². The fourth-order valence-corrected chi connectivity index (χ4v) is 4.72. The number of ether oxygens (including phenoxy) is 1. The fraction of sp³-hybridized carbons (Fsp3) is 0.333. The molecule has 2 aromatic rings. The summed E-state index contributed by atoms with van der Waals surface area (Å²) in [5.74, 6) is 3.66. The van der Waals surface area contributed by atoms with E-state index in [-0.39, 0.29) is 17.8 Å². The van der Waals surface area contributed by atoms with Crippen LogP contribution in [0.3, 0.4) is 0 Å². The topological polar surface area (TPSA) is 21.3 Å². The molecular weight excluding hydrogens is 333 g/mol. The lowest BCUT2D eigenvalue weighted by atomic mass is 9.77. The van der Waals surface area contributed by atoms with Crippen molar-refractivity contribution in [1.29, 1.82) is 0 Å². The van der Waals surface area contributed by atoms with Crippen LogP contribution in [0.4, 0.5) is 10.1 Å². The monoisotopic (exact) mass is 353 g/mol. The first kappa shape index (κ1) is 15.3. The highest BCUT2D eigenvalue weighted by Gasteiger charge is 2.38. The van der Waals surface area contributed by atoms with Gasteiger partial charge in [0.05, 0.1) is 6.04 Å². The molecule has 1 N–H and O–H groups in total. The van der Waals surface area contributed by atoms with E-state index in [1.807, 2.05) is 23.9 Å². The summed E-state index contributed by atoms with van der Waals surface area (Å²) in [7, 11) is 0. The van der Waals surface area contributed by atoms with E-state index in [2.05, 4.69) is 35.7 Å². The third-order valence-electron chi connectivity index (χ3n) is 5.45. The molecule has 2 aliphatic heterocycles. The second-order valence-corrected chi connectivity index (χ2v) is 8.13. The largest absolute Gasteiger partial charge is 0.489 e. The molecule has 0 amide bonds. The first-order valence-electron chi connectivity index (χ1n) is 8.85. The number of hydrogen-bond donors (Lipinski definition) is 1. The van der Waals surface area contributed by atoms with Crippen LogP contribution in [-0.2, 0) is 0 Å². The number of benzene rings is 2. The van der Waals surface area contributed by atoms with Gasteiger partial charge in [-0.2, -0.15) is 11.8 Å². The molecule has 0 radical (unpaired) electrons. The molecule has 2 nitrogen and oxygen atoms in total. The molecule has 0 unspecified atom stereocenters. The van der Waals surface area contributed by atoms with Gasteiger partial charge in [-0.1, -0.05) is 24.3 Å². The molecule has 25 heavy (non-hydrogen) atoms. The van der Waals surface area contributed by atoms with Crippen LogP contribution in [-0.4, -0.2) is 17.6 Å². The minimum Gasteiger partial charge on any atom is -0.489 e. The number of nitrogens with one attached hydrogen (secondary N) is 1. The second kappa shape index (κ2) is 6.10. The van der Waals surface area contributed by atoms with Crippen molar-refractivity contribution in [2.75, 3.05) is 16.8 Å². The molecule has 128 valence electrons. The van der Waals surface area contributed by atoms with Crippen molar-refractivity contribution >= 4 is 17.4 Å². The summed E-state index contributed by atoms with van der Waals surface area (Å²) in [5.41, 5.74) is 3.37. The Bertz CT molecular complexity index is 832. The number of hydrogen-bond acceptors (Lipinski definition) is 3. The van der Waals surface area contributed by atoms with Crippen molar-refractivity contribution in [2.45, 2.75) is 24.5 Å². The number of fused-ring (bicyclic) bond motifs is 3. The zero-order valence-corrected chi connectivity index (χ0v) is 14.6. The average molecular weight is 353 g/mol. The minimum absolute atomic E-state index is 0.160. The van der Waals surface area contributed by atoms with Crippen LogP contribution >= 0.6 is 11.8 Å². The summed E-state index contributed by atoms with van der Waals surface area (Å²) < 4.78 is 19.8. The summed E-state index contributed by atoms with van der Waals surface area (Å²) in [6, 6.07) is 13.8. The third-order valence-corrected chi connectivity index (χ3v) is 6.67. The normalized spacial score (nSPS) is 27.2. The van der Waals surface area contributed by atoms with Crippen LogP contribution in [0.5, 0.6) is 5.75 Å². The van der Waals surface area contributed by atoms with Crippen LogP contribution in [0, 0.1) is 11.7 Å². The van der Waals surface area contributed by atoms with Crippen molar-refractivity contribution in [3.63, 3.8) is 0 Å². The molecule has 0 aromatic heterocycles. The summed E-state index contributed by atoms with van der Waals surface area (Å²) >= 11 is 1.93. The highest BCUT2D eigenvalue weighted by atomic mass is 32.2. The van der Waals surface area contributed by atoms with Crippen molar-refractivity contribution in [2.24, 2.45) is 5.92 Å². The summed E-state index contributed by atoms with van der Waals surface area (Å²) in [4.78, 5) is 0. The second-order valence-electron chi connectivity index (χ2n) is 7.06. The first-order chi connectivity index (χ1) is 12.3. The van der Waals surface area contributed by atoms with E-state index < -0.39 is 0 Å². The molecule has 3 atom stereocenters. The Kier molecular flexibility index (Phi) is 3.74. The Hall–Kier alpha value is -1.94. The first-order valence-corrected chi connectivity index (χ1v) is 10.0. The Morgan fingerprint density at radius 2 is 2.04 bits per heavy atom. The maximum Gasteiger partial charge on any atom is 0.123 e. The minimum atomic E-state index is -0.160. The van der Waals surface area contributed by atoms with Crippen molar-refractivity contribution in [1.82, 2.24) is 0 Å². The van der Waals surface area contributed by atoms with Gasteiger partial charge in [0.1, 0.15) is 17.7 Å². The third kappa shape index (κ3) is 2.73. The summed E-state index contributed by atoms with van der Waals surface area (Å²) in [5, 5.41) is 3.65. The molecule has 0 saturated carbocycles. The van der Waals surface area contributed by atoms with Gasteiger partial charge in [-0.25, -0.2) is 4.39 Å². The van der Waals surface area contributed by atoms with E-state index in [0.717, 1.165) is 34.9 Å². The SMILES string of the molecule is Fc1ccc2c(c1)[C@@H]1C=CC[C@H]1[C@H](c1cccc(OC3CSC3)c1)N2. The van der Waals surface area contributed by atoms with Gasteiger partial charge in [0, 0.05) is 23.1 Å². The Morgan fingerprint density at radius 1 is 1.12 bits per heavy atom. The lowest BCUT2D eigenvalue weighted by Gasteiger charge is -2.37. The standard InChI is InChI=1S/C21H20FNOS/c22-14-7-8-20-19(10-14)17-5-2-6-18(17)21(23-20)13-3-1-4-15(9-13)24-16-11-25-12-16/h1-5,7-10,16-18,21,23H,6,11-12H2/t17-,18-,21+/m1/s1. The van der Waals surface area contributed by atoms with Crippen LogP contribution in [0.15, 0.2) is 54.6 Å². The van der Waals surface area contributed by atoms with Crippen molar-refractivity contribution in [3.05, 3.63) is 71.6 Å². The number of allylic oxidation sites excluding steroid dienone is 2. The zero-order chi connectivity index (χ0) is 16.8. The zero-order valence-electron chi connectivity index (χ0n) is 13.8. The van der Waals surface area contributed by atoms with Crippen LogP contribution < -0.4 is 10.1 Å². The lowest BCUT2D eigenvalue weighted by molar-refractivity contribution is 0.240. The molecule has 0 spiro atoms. The molecule has 2 heterocycles. The smallest absolute Gasteiger partial charge is 0.123 e. The molecule has 2 aromatic carbocycles. The fourth-order valence-electron chi connectivity index (χ4n) is 4.15. The van der Waals surface area contributed by atoms with E-state index in [4.69, 9.17) is 4.74 Å².